The van der Waals surface area contributed by atoms with Crippen molar-refractivity contribution in [2.24, 2.45) is 0 Å². The maximum absolute atomic E-state index is 9.11. The van der Waals surface area contributed by atoms with Gasteiger partial charge in [0, 0.05) is 0 Å². The summed E-state index contributed by atoms with van der Waals surface area (Å²) in [6.45, 7) is 0. The Morgan fingerprint density at radius 1 is 0.500 bits per heavy atom. The SMILES string of the molecule is Oc1ccc(-c2ccc(O)cc2)cc1.[KH].[KH]. The van der Waals surface area contributed by atoms with Gasteiger partial charge >= 0.3 is 103 Å². The Kier molecular flexibility index (Phi) is 9.11. The molecule has 0 bridgehead atoms. The van der Waals surface area contributed by atoms with Crippen molar-refractivity contribution < 1.29 is 10.2 Å². The predicted octanol–water partition coefficient (Wildman–Crippen LogP) is 1.47. The minimum absolute atomic E-state index is 0. The minimum atomic E-state index is 0. The molecule has 0 aromatic heterocycles. The van der Waals surface area contributed by atoms with Crippen LogP contribution in [0.5, 0.6) is 11.5 Å². The van der Waals surface area contributed by atoms with Gasteiger partial charge in [0.05, 0.1) is 0 Å². The van der Waals surface area contributed by atoms with Gasteiger partial charge in [-0.3, -0.25) is 0 Å². The average Bonchev–Trinajstić information content (AvgIpc) is 2.21. The van der Waals surface area contributed by atoms with E-state index < -0.39 is 0 Å². The standard InChI is InChI=1S/C12H10O2.2K.2H/c13-11-5-1-9(2-6-11)10-3-7-12(14)8-4-10;;;;/h1-8,13-14H;;;;. The molecule has 2 N–H and O–H groups in total. The summed E-state index contributed by atoms with van der Waals surface area (Å²) in [4.78, 5) is 0. The predicted molar refractivity (Wildman–Crippen MR) is 69.5 cm³/mol. The van der Waals surface area contributed by atoms with E-state index in [2.05, 4.69) is 0 Å². The molecule has 0 amide bonds. The van der Waals surface area contributed by atoms with Crippen LogP contribution in [-0.2, 0) is 0 Å². The van der Waals surface area contributed by atoms with Crippen LogP contribution in [0.25, 0.3) is 11.1 Å². The van der Waals surface area contributed by atoms with Crippen LogP contribution in [0.1, 0.15) is 0 Å². The molecule has 0 unspecified atom stereocenters. The van der Waals surface area contributed by atoms with Crippen LogP contribution in [0.3, 0.4) is 0 Å². The Morgan fingerprint density at radius 3 is 1.00 bits per heavy atom. The van der Waals surface area contributed by atoms with Crippen LogP contribution in [0.15, 0.2) is 48.5 Å². The van der Waals surface area contributed by atoms with E-state index in [1.807, 2.05) is 24.3 Å². The summed E-state index contributed by atoms with van der Waals surface area (Å²) >= 11 is 0. The number of phenolic OH excluding ortho intramolecular Hbond substituents is 2. The van der Waals surface area contributed by atoms with Gasteiger partial charge in [-0.05, 0) is 35.4 Å². The van der Waals surface area contributed by atoms with Crippen LogP contribution >= 0.6 is 0 Å². The summed E-state index contributed by atoms with van der Waals surface area (Å²) < 4.78 is 0. The number of phenols is 2. The summed E-state index contributed by atoms with van der Waals surface area (Å²) in [5.41, 5.74) is 2.03. The van der Waals surface area contributed by atoms with E-state index in [9.17, 15) is 0 Å². The third-order valence-corrected chi connectivity index (χ3v) is 2.07. The molecule has 16 heavy (non-hydrogen) atoms. The van der Waals surface area contributed by atoms with Gasteiger partial charge in [0.15, 0.2) is 0 Å². The van der Waals surface area contributed by atoms with Crippen molar-refractivity contribution >= 4 is 103 Å². The number of hydrogen-bond donors (Lipinski definition) is 2. The first-order valence-corrected chi connectivity index (χ1v) is 4.34. The van der Waals surface area contributed by atoms with E-state index in [1.165, 1.54) is 0 Å². The molecule has 4 heteroatoms. The van der Waals surface area contributed by atoms with E-state index in [4.69, 9.17) is 10.2 Å². The van der Waals surface area contributed by atoms with Gasteiger partial charge in [0.25, 0.3) is 0 Å². The van der Waals surface area contributed by atoms with Crippen molar-refractivity contribution in [2.75, 3.05) is 0 Å². The van der Waals surface area contributed by atoms with E-state index in [0.717, 1.165) is 11.1 Å². The molecule has 0 aliphatic carbocycles. The van der Waals surface area contributed by atoms with Crippen LogP contribution < -0.4 is 0 Å². The van der Waals surface area contributed by atoms with E-state index >= 15 is 0 Å². The second-order valence-electron chi connectivity index (χ2n) is 3.09. The van der Waals surface area contributed by atoms with Crippen molar-refractivity contribution in [3.8, 4) is 22.6 Å². The first-order valence-electron chi connectivity index (χ1n) is 4.34. The zero-order chi connectivity index (χ0) is 9.97. The number of aromatic hydroxyl groups is 2. The second kappa shape index (κ2) is 8.42. The number of rotatable bonds is 1. The molecule has 0 saturated carbocycles. The van der Waals surface area contributed by atoms with E-state index in [-0.39, 0.29) is 114 Å². The Labute approximate surface area is 180 Å². The Morgan fingerprint density at radius 2 is 0.750 bits per heavy atom. The molecule has 2 nitrogen and oxygen atoms in total. The molecule has 0 heterocycles. The fourth-order valence-corrected chi connectivity index (χ4v) is 1.31. The van der Waals surface area contributed by atoms with Crippen LogP contribution in [0, 0.1) is 0 Å². The average molecular weight is 266 g/mol. The Hall–Kier alpha value is 1.31. The first-order chi connectivity index (χ1) is 6.75. The monoisotopic (exact) mass is 266 g/mol. The quantitative estimate of drug-likeness (QED) is 0.767. The molecule has 74 valence electrons. The van der Waals surface area contributed by atoms with Crippen molar-refractivity contribution in [1.82, 2.24) is 0 Å². The van der Waals surface area contributed by atoms with Gasteiger partial charge in [0.1, 0.15) is 11.5 Å². The van der Waals surface area contributed by atoms with Crippen molar-refractivity contribution in [3.05, 3.63) is 48.5 Å². The fourth-order valence-electron chi connectivity index (χ4n) is 1.31. The van der Waals surface area contributed by atoms with Gasteiger partial charge in [-0.1, -0.05) is 24.3 Å². The van der Waals surface area contributed by atoms with Gasteiger partial charge in [-0.25, -0.2) is 0 Å². The molecule has 2 aromatic rings. The molecule has 0 saturated heterocycles. The Balaban J connectivity index is 0.00000112. The van der Waals surface area contributed by atoms with E-state index in [0.29, 0.717) is 0 Å². The van der Waals surface area contributed by atoms with Crippen LogP contribution in [0.2, 0.25) is 0 Å². The van der Waals surface area contributed by atoms with Crippen LogP contribution in [0.4, 0.5) is 0 Å². The molecule has 0 atom stereocenters. The molecule has 0 spiro atoms. The third-order valence-electron chi connectivity index (χ3n) is 2.07. The summed E-state index contributed by atoms with van der Waals surface area (Å²) in [5.74, 6) is 0.514. The third kappa shape index (κ3) is 4.90. The second-order valence-corrected chi connectivity index (χ2v) is 3.09. The van der Waals surface area contributed by atoms with Gasteiger partial charge in [-0.2, -0.15) is 0 Å². The van der Waals surface area contributed by atoms with Gasteiger partial charge < -0.3 is 10.2 Å². The zero-order valence-corrected chi connectivity index (χ0v) is 7.51. The molecule has 0 fully saturated rings. The van der Waals surface area contributed by atoms with E-state index in [1.54, 1.807) is 24.3 Å². The number of hydrogen-bond acceptors (Lipinski definition) is 2. The first kappa shape index (κ1) is 17.3. The van der Waals surface area contributed by atoms with Crippen LogP contribution in [-0.4, -0.2) is 113 Å². The molecule has 0 aliphatic heterocycles. The van der Waals surface area contributed by atoms with Crippen molar-refractivity contribution in [2.45, 2.75) is 0 Å². The normalized spacial score (nSPS) is 8.75. The van der Waals surface area contributed by atoms with Crippen molar-refractivity contribution in [3.63, 3.8) is 0 Å². The summed E-state index contributed by atoms with van der Waals surface area (Å²) in [6, 6.07) is 13.9. The van der Waals surface area contributed by atoms with Gasteiger partial charge in [0.2, 0.25) is 0 Å². The van der Waals surface area contributed by atoms with Gasteiger partial charge in [-0.15, -0.1) is 0 Å². The Bertz CT molecular complexity index is 380. The molecule has 0 aliphatic rings. The summed E-state index contributed by atoms with van der Waals surface area (Å²) in [6.07, 6.45) is 0. The molecule has 2 rings (SSSR count). The fraction of sp³-hybridized carbons (Fsp3) is 0. The maximum atomic E-state index is 9.11. The van der Waals surface area contributed by atoms with Crippen molar-refractivity contribution in [1.29, 1.82) is 0 Å². The molecule has 0 radical (unpaired) electrons. The summed E-state index contributed by atoms with van der Waals surface area (Å²) in [5, 5.41) is 18.2. The molecular formula is C12H12K2O2. The zero-order valence-electron chi connectivity index (χ0n) is 7.51. The topological polar surface area (TPSA) is 40.5 Å². The summed E-state index contributed by atoms with van der Waals surface area (Å²) in [7, 11) is 0. The number of benzene rings is 2. The molecular weight excluding hydrogens is 254 g/mol. The molecule has 2 aromatic carbocycles.